The molecular formula is C14H19N3O3. The maximum atomic E-state index is 11.2. The lowest BCUT2D eigenvalue weighted by atomic mass is 10.1. The van der Waals surface area contributed by atoms with Crippen LogP contribution in [0.3, 0.4) is 0 Å². The monoisotopic (exact) mass is 277 g/mol. The van der Waals surface area contributed by atoms with Crippen molar-refractivity contribution in [1.82, 2.24) is 9.97 Å². The number of hydrogen-bond acceptors (Lipinski definition) is 6. The third-order valence-corrected chi connectivity index (χ3v) is 3.82. The second-order valence-electron chi connectivity index (χ2n) is 5.90. The summed E-state index contributed by atoms with van der Waals surface area (Å²) in [6.45, 7) is 5.66. The summed E-state index contributed by atoms with van der Waals surface area (Å²) >= 11 is 0. The maximum Gasteiger partial charge on any atom is 0.163 e. The van der Waals surface area contributed by atoms with E-state index in [0.29, 0.717) is 6.42 Å². The minimum Gasteiger partial charge on any atom is -0.364 e. The summed E-state index contributed by atoms with van der Waals surface area (Å²) in [6, 6.07) is 1.90. The molecule has 1 N–H and O–H groups in total. The van der Waals surface area contributed by atoms with Crippen molar-refractivity contribution in [2.24, 2.45) is 5.92 Å². The van der Waals surface area contributed by atoms with Gasteiger partial charge in [0.25, 0.3) is 0 Å². The molecule has 108 valence electrons. The van der Waals surface area contributed by atoms with Gasteiger partial charge in [0.15, 0.2) is 5.79 Å². The van der Waals surface area contributed by atoms with Crippen molar-refractivity contribution in [2.75, 3.05) is 5.32 Å². The van der Waals surface area contributed by atoms with Crippen molar-refractivity contribution in [3.63, 3.8) is 0 Å². The largest absolute Gasteiger partial charge is 0.364 e. The van der Waals surface area contributed by atoms with Crippen LogP contribution in [0.25, 0.3) is 0 Å². The Kier molecular flexibility index (Phi) is 3.22. The van der Waals surface area contributed by atoms with Gasteiger partial charge in [0.1, 0.15) is 24.5 Å². The molecule has 1 saturated heterocycles. The van der Waals surface area contributed by atoms with E-state index in [9.17, 15) is 4.79 Å². The van der Waals surface area contributed by atoms with Gasteiger partial charge >= 0.3 is 0 Å². The van der Waals surface area contributed by atoms with Gasteiger partial charge in [-0.25, -0.2) is 9.97 Å². The fourth-order valence-electron chi connectivity index (χ4n) is 3.02. The molecule has 6 heteroatoms. The van der Waals surface area contributed by atoms with Crippen LogP contribution in [-0.4, -0.2) is 40.3 Å². The minimum atomic E-state index is -0.640. The molecule has 1 aliphatic carbocycles. The third-order valence-electron chi connectivity index (χ3n) is 3.82. The highest BCUT2D eigenvalue weighted by molar-refractivity contribution is 5.57. The van der Waals surface area contributed by atoms with Crippen LogP contribution in [0.4, 0.5) is 5.82 Å². The highest BCUT2D eigenvalue weighted by Gasteiger charge is 2.54. The van der Waals surface area contributed by atoms with Gasteiger partial charge in [0.2, 0.25) is 0 Å². The highest BCUT2D eigenvalue weighted by Crippen LogP contribution is 2.41. The Morgan fingerprint density at radius 3 is 2.80 bits per heavy atom. The normalized spacial score (nSPS) is 34.8. The molecule has 0 spiro atoms. The number of carbonyl (C=O) groups is 1. The number of nitrogens with one attached hydrogen (secondary N) is 1. The number of aryl methyl sites for hydroxylation is 1. The topological polar surface area (TPSA) is 73.3 Å². The smallest absolute Gasteiger partial charge is 0.163 e. The summed E-state index contributed by atoms with van der Waals surface area (Å²) in [4.78, 5) is 19.5. The van der Waals surface area contributed by atoms with Gasteiger partial charge in [-0.15, -0.1) is 0 Å². The number of nitrogens with zero attached hydrogens (tertiary/aromatic N) is 2. The number of ether oxygens (including phenoxy) is 2. The van der Waals surface area contributed by atoms with Crippen LogP contribution in [0.2, 0.25) is 0 Å². The van der Waals surface area contributed by atoms with Crippen molar-refractivity contribution in [2.45, 2.75) is 51.2 Å². The second-order valence-corrected chi connectivity index (χ2v) is 5.90. The lowest BCUT2D eigenvalue weighted by molar-refractivity contribution is -0.157. The summed E-state index contributed by atoms with van der Waals surface area (Å²) < 4.78 is 11.8. The van der Waals surface area contributed by atoms with E-state index in [2.05, 4.69) is 15.3 Å². The van der Waals surface area contributed by atoms with E-state index < -0.39 is 5.79 Å². The van der Waals surface area contributed by atoms with Crippen molar-refractivity contribution in [3.8, 4) is 0 Å². The van der Waals surface area contributed by atoms with Crippen LogP contribution in [0, 0.1) is 12.8 Å². The van der Waals surface area contributed by atoms with Gasteiger partial charge in [0.05, 0.1) is 12.1 Å². The standard InChI is InChI=1S/C14H19N3O3/c1-8-4-11(16-7-15-8)17-10-5-9(6-18)12-13(10)20-14(2,3)19-12/h4,6-7,9-10,12-13H,5H2,1-3H3,(H,15,16,17)/t9-,10-,12-,13+/m1/s1. The van der Waals surface area contributed by atoms with E-state index in [1.165, 1.54) is 6.33 Å². The summed E-state index contributed by atoms with van der Waals surface area (Å²) in [7, 11) is 0. The fourth-order valence-corrected chi connectivity index (χ4v) is 3.02. The molecule has 2 heterocycles. The Hall–Kier alpha value is -1.53. The first-order valence-corrected chi connectivity index (χ1v) is 6.84. The summed E-state index contributed by atoms with van der Waals surface area (Å²) in [5.41, 5.74) is 0.896. The number of rotatable bonds is 3. The van der Waals surface area contributed by atoms with Crippen LogP contribution < -0.4 is 5.32 Å². The van der Waals surface area contributed by atoms with E-state index in [4.69, 9.17) is 9.47 Å². The van der Waals surface area contributed by atoms with Crippen LogP contribution in [0.1, 0.15) is 26.0 Å². The summed E-state index contributed by atoms with van der Waals surface area (Å²) in [5.74, 6) is -0.0262. The number of anilines is 1. The summed E-state index contributed by atoms with van der Waals surface area (Å²) in [6.07, 6.45) is 2.88. The van der Waals surface area contributed by atoms with Gasteiger partial charge in [0, 0.05) is 17.7 Å². The fraction of sp³-hybridized carbons (Fsp3) is 0.643. The molecule has 4 atom stereocenters. The molecule has 2 fully saturated rings. The van der Waals surface area contributed by atoms with Gasteiger partial charge in [-0.1, -0.05) is 0 Å². The van der Waals surface area contributed by atoms with Crippen molar-refractivity contribution in [3.05, 3.63) is 18.1 Å². The number of hydrogen-bond donors (Lipinski definition) is 1. The van der Waals surface area contributed by atoms with E-state index in [-0.39, 0.29) is 24.2 Å². The van der Waals surface area contributed by atoms with Gasteiger partial charge in [-0.2, -0.15) is 0 Å². The lowest BCUT2D eigenvalue weighted by Gasteiger charge is -2.23. The molecule has 3 rings (SSSR count). The predicted octanol–water partition coefficient (Wildman–Crippen LogP) is 1.30. The highest BCUT2D eigenvalue weighted by atomic mass is 16.8. The molecular weight excluding hydrogens is 258 g/mol. The van der Waals surface area contributed by atoms with Gasteiger partial charge in [-0.05, 0) is 27.2 Å². The molecule has 0 bridgehead atoms. The Morgan fingerprint density at radius 2 is 2.10 bits per heavy atom. The molecule has 0 aromatic carbocycles. The Balaban J connectivity index is 1.78. The van der Waals surface area contributed by atoms with E-state index in [0.717, 1.165) is 17.8 Å². The van der Waals surface area contributed by atoms with Crippen LogP contribution in [0.15, 0.2) is 12.4 Å². The second kappa shape index (κ2) is 4.79. The first-order valence-electron chi connectivity index (χ1n) is 6.84. The molecule has 1 aromatic heterocycles. The van der Waals surface area contributed by atoms with Crippen molar-refractivity contribution < 1.29 is 14.3 Å². The number of aldehydes is 1. The Morgan fingerprint density at radius 1 is 1.35 bits per heavy atom. The average Bonchev–Trinajstić information content (AvgIpc) is 2.84. The minimum absolute atomic E-state index is 0.0197. The first-order chi connectivity index (χ1) is 9.48. The molecule has 6 nitrogen and oxygen atoms in total. The number of carbonyl (C=O) groups excluding carboxylic acids is 1. The quantitative estimate of drug-likeness (QED) is 0.840. The maximum absolute atomic E-state index is 11.2. The van der Waals surface area contributed by atoms with E-state index in [1.807, 2.05) is 26.8 Å². The predicted molar refractivity (Wildman–Crippen MR) is 72.2 cm³/mol. The zero-order valence-electron chi connectivity index (χ0n) is 11.9. The van der Waals surface area contributed by atoms with E-state index >= 15 is 0 Å². The Bertz CT molecular complexity index is 520. The lowest BCUT2D eigenvalue weighted by Crippen LogP contribution is -2.34. The van der Waals surface area contributed by atoms with Crippen LogP contribution >= 0.6 is 0 Å². The van der Waals surface area contributed by atoms with Gasteiger partial charge in [-0.3, -0.25) is 0 Å². The summed E-state index contributed by atoms with van der Waals surface area (Å²) in [5, 5.41) is 3.34. The molecule has 0 radical (unpaired) electrons. The first kappa shape index (κ1) is 13.5. The molecule has 1 aromatic rings. The SMILES string of the molecule is Cc1cc(N[C@@H]2C[C@H](C=O)[C@H]3OC(C)(C)O[C@H]32)ncn1. The van der Waals surface area contributed by atoms with Crippen molar-refractivity contribution in [1.29, 1.82) is 0 Å². The third kappa shape index (κ3) is 2.41. The van der Waals surface area contributed by atoms with E-state index in [1.54, 1.807) is 0 Å². The van der Waals surface area contributed by atoms with Crippen LogP contribution in [-0.2, 0) is 14.3 Å². The Labute approximate surface area is 117 Å². The van der Waals surface area contributed by atoms with Crippen LogP contribution in [0.5, 0.6) is 0 Å². The number of fused-ring (bicyclic) bond motifs is 1. The molecule has 2 aliphatic rings. The molecule has 20 heavy (non-hydrogen) atoms. The van der Waals surface area contributed by atoms with Gasteiger partial charge < -0.3 is 19.6 Å². The molecule has 0 amide bonds. The molecule has 1 aliphatic heterocycles. The van der Waals surface area contributed by atoms with Crippen molar-refractivity contribution >= 4 is 12.1 Å². The number of aromatic nitrogens is 2. The zero-order chi connectivity index (χ0) is 14.3. The zero-order valence-corrected chi connectivity index (χ0v) is 11.9. The molecule has 0 unspecified atom stereocenters. The average molecular weight is 277 g/mol. The molecule has 1 saturated carbocycles.